The van der Waals surface area contributed by atoms with Crippen LogP contribution in [0.25, 0.3) is 11.5 Å². The van der Waals surface area contributed by atoms with E-state index in [9.17, 15) is 0 Å². The number of H-pyrrole nitrogens is 1. The molecule has 0 radical (unpaired) electrons. The molecule has 9 nitrogen and oxygen atoms in total. The Kier molecular flexibility index (Phi) is 5.33. The van der Waals surface area contributed by atoms with E-state index < -0.39 is 0 Å². The number of hydrogen-bond donors (Lipinski definition) is 2. The summed E-state index contributed by atoms with van der Waals surface area (Å²) in [5, 5.41) is 24.9. The van der Waals surface area contributed by atoms with Gasteiger partial charge in [-0.05, 0) is 25.0 Å². The molecule has 9 heteroatoms. The summed E-state index contributed by atoms with van der Waals surface area (Å²) in [4.78, 5) is 0. The monoisotopic (exact) mass is 329 g/mol. The van der Waals surface area contributed by atoms with Crippen LogP contribution in [0.4, 0.5) is 6.01 Å². The average molecular weight is 329 g/mol. The first-order valence-electron chi connectivity index (χ1n) is 7.88. The Morgan fingerprint density at radius 3 is 2.96 bits per heavy atom. The van der Waals surface area contributed by atoms with E-state index in [4.69, 9.17) is 9.15 Å². The Morgan fingerprint density at radius 2 is 2.12 bits per heavy atom. The minimum Gasteiger partial charge on any atom is -0.493 e. The quantitative estimate of drug-likeness (QED) is 0.573. The molecule has 0 amide bonds. The number of hydrogen-bond acceptors (Lipinski definition) is 8. The first-order valence-corrected chi connectivity index (χ1v) is 7.88. The van der Waals surface area contributed by atoms with Gasteiger partial charge < -0.3 is 14.5 Å². The van der Waals surface area contributed by atoms with Gasteiger partial charge in [-0.15, -0.1) is 15.3 Å². The molecule has 0 atom stereocenters. The van der Waals surface area contributed by atoms with Crippen molar-refractivity contribution in [3.8, 4) is 17.2 Å². The molecule has 0 saturated heterocycles. The van der Waals surface area contributed by atoms with Crippen LogP contribution >= 0.6 is 0 Å². The maximum Gasteiger partial charge on any atom is 0.315 e. The Labute approximate surface area is 138 Å². The number of aromatic amines is 1. The summed E-state index contributed by atoms with van der Waals surface area (Å²) >= 11 is 0. The molecule has 2 aromatic heterocycles. The highest BCUT2D eigenvalue weighted by molar-refractivity contribution is 5.62. The first kappa shape index (κ1) is 15.9. The van der Waals surface area contributed by atoms with Crippen LogP contribution < -0.4 is 10.1 Å². The molecule has 0 unspecified atom stereocenters. The average Bonchev–Trinajstić information content (AvgIpc) is 3.29. The second-order valence-corrected chi connectivity index (χ2v) is 5.12. The van der Waals surface area contributed by atoms with E-state index in [0.29, 0.717) is 30.9 Å². The minimum atomic E-state index is 0.378. The van der Waals surface area contributed by atoms with Gasteiger partial charge in [0.1, 0.15) is 5.75 Å². The lowest BCUT2D eigenvalue weighted by Gasteiger charge is -2.07. The van der Waals surface area contributed by atoms with E-state index >= 15 is 0 Å². The summed E-state index contributed by atoms with van der Waals surface area (Å²) in [5.74, 6) is 1.86. The zero-order valence-electron chi connectivity index (χ0n) is 13.4. The fourth-order valence-electron chi connectivity index (χ4n) is 2.11. The molecule has 2 N–H and O–H groups in total. The van der Waals surface area contributed by atoms with E-state index in [1.54, 1.807) is 0 Å². The summed E-state index contributed by atoms with van der Waals surface area (Å²) in [7, 11) is 0. The summed E-state index contributed by atoms with van der Waals surface area (Å²) in [6, 6.07) is 8.01. The van der Waals surface area contributed by atoms with E-state index in [1.807, 2.05) is 24.3 Å². The van der Waals surface area contributed by atoms with Crippen LogP contribution in [0.5, 0.6) is 5.75 Å². The standard InChI is InChI=1S/C15H19N7O2/c1-2-10-23-12-7-4-3-6-11(12)14-19-20-15(24-14)16-9-5-8-13-17-21-22-18-13/h3-4,6-7H,2,5,8-10H2,1H3,(H,16,20)(H,17,18,21,22). The summed E-state index contributed by atoms with van der Waals surface area (Å²) in [5.41, 5.74) is 0.790. The van der Waals surface area contributed by atoms with Crippen LogP contribution in [-0.4, -0.2) is 44.0 Å². The Bertz CT molecular complexity index is 742. The number of tetrazole rings is 1. The van der Waals surface area contributed by atoms with Gasteiger partial charge in [0.05, 0.1) is 12.2 Å². The Balaban J connectivity index is 1.57. The number of aryl methyl sites for hydroxylation is 1. The van der Waals surface area contributed by atoms with Gasteiger partial charge in [0.15, 0.2) is 5.82 Å². The first-order chi connectivity index (χ1) is 11.9. The Morgan fingerprint density at radius 1 is 1.21 bits per heavy atom. The molecule has 0 aliphatic rings. The van der Waals surface area contributed by atoms with E-state index in [1.165, 1.54) is 0 Å². The maximum atomic E-state index is 5.72. The lowest BCUT2D eigenvalue weighted by molar-refractivity contribution is 0.318. The topological polar surface area (TPSA) is 115 Å². The minimum absolute atomic E-state index is 0.378. The molecular formula is C15H19N7O2. The molecule has 3 rings (SSSR count). The summed E-state index contributed by atoms with van der Waals surface area (Å²) in [6.07, 6.45) is 2.48. The summed E-state index contributed by atoms with van der Waals surface area (Å²) < 4.78 is 11.4. The molecule has 0 spiro atoms. The van der Waals surface area contributed by atoms with Crippen LogP contribution in [-0.2, 0) is 6.42 Å². The van der Waals surface area contributed by atoms with Crippen molar-refractivity contribution in [2.24, 2.45) is 0 Å². The second-order valence-electron chi connectivity index (χ2n) is 5.12. The predicted octanol–water partition coefficient (Wildman–Crippen LogP) is 2.08. The van der Waals surface area contributed by atoms with Crippen molar-refractivity contribution >= 4 is 6.01 Å². The zero-order valence-corrected chi connectivity index (χ0v) is 13.4. The normalized spacial score (nSPS) is 10.7. The van der Waals surface area contributed by atoms with Crippen LogP contribution in [0, 0.1) is 0 Å². The van der Waals surface area contributed by atoms with Gasteiger partial charge in [0.2, 0.25) is 0 Å². The molecule has 3 aromatic rings. The highest BCUT2D eigenvalue weighted by Gasteiger charge is 2.13. The van der Waals surface area contributed by atoms with Crippen LogP contribution in [0.2, 0.25) is 0 Å². The fourth-order valence-corrected chi connectivity index (χ4v) is 2.11. The SMILES string of the molecule is CCCOc1ccccc1-c1nnc(NCCCc2nn[nH]n2)o1. The van der Waals surface area contributed by atoms with E-state index in [0.717, 1.165) is 30.6 Å². The molecule has 0 saturated carbocycles. The van der Waals surface area contributed by atoms with Gasteiger partial charge in [0.25, 0.3) is 5.89 Å². The summed E-state index contributed by atoms with van der Waals surface area (Å²) in [6.45, 7) is 3.38. The molecule has 0 aliphatic heterocycles. The van der Waals surface area contributed by atoms with Gasteiger partial charge in [-0.1, -0.05) is 29.4 Å². The molecule has 2 heterocycles. The fraction of sp³-hybridized carbons (Fsp3) is 0.400. The van der Waals surface area contributed by atoms with Gasteiger partial charge in [-0.2, -0.15) is 5.21 Å². The van der Waals surface area contributed by atoms with E-state index in [-0.39, 0.29) is 0 Å². The Hall–Kier alpha value is -2.97. The molecule has 24 heavy (non-hydrogen) atoms. The second kappa shape index (κ2) is 8.04. The molecule has 126 valence electrons. The van der Waals surface area contributed by atoms with Crippen molar-refractivity contribution in [1.29, 1.82) is 0 Å². The lowest BCUT2D eigenvalue weighted by Crippen LogP contribution is -2.03. The van der Waals surface area contributed by atoms with Gasteiger partial charge in [-0.3, -0.25) is 0 Å². The lowest BCUT2D eigenvalue weighted by atomic mass is 10.2. The largest absolute Gasteiger partial charge is 0.493 e. The molecule has 0 bridgehead atoms. The number of rotatable bonds is 9. The van der Waals surface area contributed by atoms with Crippen LogP contribution in [0.15, 0.2) is 28.7 Å². The smallest absolute Gasteiger partial charge is 0.315 e. The number of nitrogens with one attached hydrogen (secondary N) is 2. The van der Waals surface area contributed by atoms with Crippen molar-refractivity contribution in [1.82, 2.24) is 30.8 Å². The van der Waals surface area contributed by atoms with Crippen LogP contribution in [0.1, 0.15) is 25.6 Å². The number of anilines is 1. The van der Waals surface area contributed by atoms with Crippen molar-refractivity contribution in [3.05, 3.63) is 30.1 Å². The molecular weight excluding hydrogens is 310 g/mol. The number of para-hydroxylation sites is 1. The van der Waals surface area contributed by atoms with Gasteiger partial charge in [-0.25, -0.2) is 0 Å². The number of ether oxygens (including phenoxy) is 1. The van der Waals surface area contributed by atoms with Crippen molar-refractivity contribution in [2.75, 3.05) is 18.5 Å². The maximum absolute atomic E-state index is 5.72. The zero-order chi connectivity index (χ0) is 16.6. The third-order valence-electron chi connectivity index (χ3n) is 3.25. The third-order valence-corrected chi connectivity index (χ3v) is 3.25. The molecule has 1 aromatic carbocycles. The van der Waals surface area contributed by atoms with Crippen molar-refractivity contribution in [3.63, 3.8) is 0 Å². The predicted molar refractivity (Wildman–Crippen MR) is 86.5 cm³/mol. The number of nitrogens with zero attached hydrogens (tertiary/aromatic N) is 5. The molecule has 0 fully saturated rings. The highest BCUT2D eigenvalue weighted by Crippen LogP contribution is 2.29. The van der Waals surface area contributed by atoms with Crippen molar-refractivity contribution in [2.45, 2.75) is 26.2 Å². The van der Waals surface area contributed by atoms with Crippen molar-refractivity contribution < 1.29 is 9.15 Å². The van der Waals surface area contributed by atoms with Crippen LogP contribution in [0.3, 0.4) is 0 Å². The number of aromatic nitrogens is 6. The highest BCUT2D eigenvalue weighted by atomic mass is 16.5. The number of benzene rings is 1. The van der Waals surface area contributed by atoms with Gasteiger partial charge in [0, 0.05) is 13.0 Å². The van der Waals surface area contributed by atoms with Gasteiger partial charge >= 0.3 is 6.01 Å². The third kappa shape index (κ3) is 4.06. The van der Waals surface area contributed by atoms with E-state index in [2.05, 4.69) is 43.1 Å². The molecule has 0 aliphatic carbocycles.